The molecular formula is C40H68N4O13. The van der Waals surface area contributed by atoms with Crippen LogP contribution in [0, 0.1) is 11.8 Å². The SMILES string of the molecule is CCCCCCCCCCO[C@H]1[C@H]2OC(C)(C)O[C@H]2O[C@@H]1COCC(=O)N[C@@H](CC(C)C)C(=O)N[C@@H](CC(=O)O)C(=O)N[C@H](C(=O)N1CCC[C@H]1C(=O)O)C(C)C. The molecule has 0 spiro atoms. The Kier molecular flexibility index (Phi) is 19.6. The van der Waals surface area contributed by atoms with Crippen LogP contribution in [0.1, 0.15) is 126 Å². The molecule has 3 saturated heterocycles. The van der Waals surface area contributed by atoms with Crippen molar-refractivity contribution in [3.63, 3.8) is 0 Å². The van der Waals surface area contributed by atoms with Gasteiger partial charge in [0.15, 0.2) is 12.1 Å². The highest BCUT2D eigenvalue weighted by molar-refractivity contribution is 5.96. The number of carbonyl (C=O) groups excluding carboxylic acids is 4. The number of nitrogens with zero attached hydrogens (tertiary/aromatic N) is 1. The molecule has 0 bridgehead atoms. The molecule has 0 aromatic heterocycles. The number of nitrogens with one attached hydrogen (secondary N) is 3. The zero-order valence-corrected chi connectivity index (χ0v) is 34.9. The van der Waals surface area contributed by atoms with Crippen molar-refractivity contribution in [2.24, 2.45) is 11.8 Å². The number of rotatable bonds is 26. The number of fused-ring (bicyclic) bond motifs is 1. The van der Waals surface area contributed by atoms with Gasteiger partial charge in [0.05, 0.1) is 13.0 Å². The standard InChI is InChI=1S/C40H68N4O13/c1-8-9-10-11-12-13-14-15-19-54-33-29(55-39-34(33)56-40(6,7)57-39)22-53-23-30(45)41-26(20-24(2)3)35(48)42-27(21-31(46)47)36(49)43-32(25(4)5)37(50)44-18-16-17-28(44)38(51)52/h24-29,32-34,39H,8-23H2,1-7H3,(H,41,45)(H,42,48)(H,43,49)(H,46,47)(H,51,52)/t26-,27-,28-,29+,32-,33+,34+,39+/m0/s1. The molecule has 3 fully saturated rings. The summed E-state index contributed by atoms with van der Waals surface area (Å²) in [5, 5.41) is 26.8. The number of amides is 4. The van der Waals surface area contributed by atoms with Gasteiger partial charge in [0.25, 0.3) is 0 Å². The first kappa shape index (κ1) is 48.0. The van der Waals surface area contributed by atoms with Crippen molar-refractivity contribution in [3.05, 3.63) is 0 Å². The van der Waals surface area contributed by atoms with Crippen molar-refractivity contribution in [1.29, 1.82) is 0 Å². The molecular weight excluding hydrogens is 744 g/mol. The van der Waals surface area contributed by atoms with Crippen LogP contribution in [0.4, 0.5) is 0 Å². The van der Waals surface area contributed by atoms with Crippen molar-refractivity contribution in [3.8, 4) is 0 Å². The molecule has 0 aromatic carbocycles. The van der Waals surface area contributed by atoms with Gasteiger partial charge in [-0.1, -0.05) is 79.6 Å². The first-order chi connectivity index (χ1) is 26.9. The molecule has 326 valence electrons. The third kappa shape index (κ3) is 15.4. The quantitative estimate of drug-likeness (QED) is 0.0793. The van der Waals surface area contributed by atoms with E-state index in [1.807, 2.05) is 13.8 Å². The fourth-order valence-corrected chi connectivity index (χ4v) is 7.43. The fourth-order valence-electron chi connectivity index (χ4n) is 7.43. The Labute approximate surface area is 336 Å². The average Bonchev–Trinajstić information content (AvgIpc) is 3.81. The molecule has 3 heterocycles. The summed E-state index contributed by atoms with van der Waals surface area (Å²) >= 11 is 0. The van der Waals surface area contributed by atoms with Gasteiger partial charge in [0.1, 0.15) is 49.1 Å². The van der Waals surface area contributed by atoms with Crippen LogP contribution in [-0.2, 0) is 52.5 Å². The van der Waals surface area contributed by atoms with E-state index in [9.17, 15) is 39.0 Å². The lowest BCUT2D eigenvalue weighted by Crippen LogP contribution is -2.59. The van der Waals surface area contributed by atoms with Crippen LogP contribution in [0.15, 0.2) is 0 Å². The molecule has 3 aliphatic rings. The maximum atomic E-state index is 13.6. The van der Waals surface area contributed by atoms with Gasteiger partial charge in [-0.3, -0.25) is 24.0 Å². The van der Waals surface area contributed by atoms with Crippen molar-refractivity contribution >= 4 is 35.6 Å². The van der Waals surface area contributed by atoms with Gasteiger partial charge in [-0.05, 0) is 51.4 Å². The summed E-state index contributed by atoms with van der Waals surface area (Å²) < 4.78 is 30.1. The summed E-state index contributed by atoms with van der Waals surface area (Å²) in [6, 6.07) is -4.95. The molecule has 3 rings (SSSR count). The Bertz CT molecular complexity index is 1340. The smallest absolute Gasteiger partial charge is 0.326 e. The van der Waals surface area contributed by atoms with E-state index < -0.39 is 109 Å². The van der Waals surface area contributed by atoms with Gasteiger partial charge in [0, 0.05) is 13.2 Å². The van der Waals surface area contributed by atoms with Crippen LogP contribution >= 0.6 is 0 Å². The Morgan fingerprint density at radius 2 is 1.51 bits per heavy atom. The van der Waals surface area contributed by atoms with Crippen LogP contribution < -0.4 is 16.0 Å². The molecule has 0 radical (unpaired) electrons. The highest BCUT2D eigenvalue weighted by Gasteiger charge is 2.55. The Balaban J connectivity index is 1.57. The highest BCUT2D eigenvalue weighted by atomic mass is 16.8. The molecule has 0 aromatic rings. The fraction of sp³-hybridized carbons (Fsp3) is 0.850. The van der Waals surface area contributed by atoms with Crippen LogP contribution in [-0.4, -0.2) is 132 Å². The average molecular weight is 813 g/mol. The van der Waals surface area contributed by atoms with Gasteiger partial charge in [0.2, 0.25) is 23.6 Å². The largest absolute Gasteiger partial charge is 0.481 e. The molecule has 0 aliphatic carbocycles. The molecule has 17 heteroatoms. The van der Waals surface area contributed by atoms with E-state index >= 15 is 0 Å². The summed E-state index contributed by atoms with van der Waals surface area (Å²) in [4.78, 5) is 78.3. The molecule has 17 nitrogen and oxygen atoms in total. The van der Waals surface area contributed by atoms with Crippen LogP contribution in [0.3, 0.4) is 0 Å². The lowest BCUT2D eigenvalue weighted by molar-refractivity contribution is -0.223. The number of unbranched alkanes of at least 4 members (excludes halogenated alkanes) is 7. The van der Waals surface area contributed by atoms with Gasteiger partial charge in [-0.15, -0.1) is 0 Å². The second kappa shape index (κ2) is 23.3. The molecule has 0 saturated carbocycles. The Morgan fingerprint density at radius 3 is 2.12 bits per heavy atom. The predicted molar refractivity (Wildman–Crippen MR) is 207 cm³/mol. The van der Waals surface area contributed by atoms with E-state index in [2.05, 4.69) is 22.9 Å². The highest BCUT2D eigenvalue weighted by Crippen LogP contribution is 2.39. The molecule has 5 N–H and O–H groups in total. The predicted octanol–water partition coefficient (Wildman–Crippen LogP) is 3.11. The summed E-state index contributed by atoms with van der Waals surface area (Å²) in [7, 11) is 0. The number of carbonyl (C=O) groups is 6. The topological polar surface area (TPSA) is 228 Å². The second-order valence-electron chi connectivity index (χ2n) is 16.6. The van der Waals surface area contributed by atoms with E-state index in [1.54, 1.807) is 27.7 Å². The van der Waals surface area contributed by atoms with Crippen molar-refractivity contribution in [2.45, 2.75) is 180 Å². The van der Waals surface area contributed by atoms with E-state index in [1.165, 1.54) is 37.0 Å². The minimum absolute atomic E-state index is 0.0159. The van der Waals surface area contributed by atoms with Gasteiger partial charge >= 0.3 is 11.9 Å². The first-order valence-electron chi connectivity index (χ1n) is 20.8. The van der Waals surface area contributed by atoms with Crippen LogP contribution in [0.5, 0.6) is 0 Å². The van der Waals surface area contributed by atoms with Crippen LogP contribution in [0.2, 0.25) is 0 Å². The second-order valence-corrected chi connectivity index (χ2v) is 16.6. The summed E-state index contributed by atoms with van der Waals surface area (Å²) in [6.45, 7) is 13.1. The monoisotopic (exact) mass is 812 g/mol. The first-order valence-corrected chi connectivity index (χ1v) is 20.8. The number of hydrogen-bond acceptors (Lipinski definition) is 11. The lowest BCUT2D eigenvalue weighted by atomic mass is 10.0. The normalized spacial score (nSPS) is 24.2. The summed E-state index contributed by atoms with van der Waals surface area (Å²) in [5.74, 6) is -6.91. The minimum Gasteiger partial charge on any atom is -0.481 e. The summed E-state index contributed by atoms with van der Waals surface area (Å²) in [6.07, 6.45) is 7.21. The van der Waals surface area contributed by atoms with E-state index in [4.69, 9.17) is 23.7 Å². The molecule has 57 heavy (non-hydrogen) atoms. The number of aliphatic carboxylic acids is 2. The zero-order valence-electron chi connectivity index (χ0n) is 34.9. The minimum atomic E-state index is -1.60. The maximum Gasteiger partial charge on any atom is 0.326 e. The molecule has 4 amide bonds. The van der Waals surface area contributed by atoms with Crippen molar-refractivity contribution in [2.75, 3.05) is 26.4 Å². The van der Waals surface area contributed by atoms with E-state index in [-0.39, 0.29) is 31.9 Å². The van der Waals surface area contributed by atoms with E-state index in [0.717, 1.165) is 19.3 Å². The summed E-state index contributed by atoms with van der Waals surface area (Å²) in [5.41, 5.74) is 0. The third-order valence-corrected chi connectivity index (χ3v) is 10.3. The number of likely N-dealkylation sites (tertiary alicyclic amines) is 1. The third-order valence-electron chi connectivity index (χ3n) is 10.3. The number of carboxylic acids is 2. The van der Waals surface area contributed by atoms with Gasteiger partial charge < -0.3 is 54.7 Å². The van der Waals surface area contributed by atoms with Gasteiger partial charge in [-0.25, -0.2) is 4.79 Å². The van der Waals surface area contributed by atoms with Crippen molar-refractivity contribution < 1.29 is 62.7 Å². The Hall–Kier alpha value is -3.38. The van der Waals surface area contributed by atoms with E-state index in [0.29, 0.717) is 13.0 Å². The Morgan fingerprint density at radius 1 is 0.860 bits per heavy atom. The van der Waals surface area contributed by atoms with Crippen LogP contribution in [0.25, 0.3) is 0 Å². The van der Waals surface area contributed by atoms with Crippen molar-refractivity contribution in [1.82, 2.24) is 20.9 Å². The number of hydrogen-bond donors (Lipinski definition) is 5. The lowest BCUT2D eigenvalue weighted by Gasteiger charge is -2.30. The number of ether oxygens (including phenoxy) is 5. The maximum absolute atomic E-state index is 13.6. The molecule has 3 aliphatic heterocycles. The van der Waals surface area contributed by atoms with Gasteiger partial charge in [-0.2, -0.15) is 0 Å². The zero-order chi connectivity index (χ0) is 42.3. The molecule has 8 atom stereocenters. The molecule has 0 unspecified atom stereocenters. The number of carboxylic acid groups (broad SMARTS) is 2.